The van der Waals surface area contributed by atoms with Crippen molar-refractivity contribution in [2.75, 3.05) is 18.0 Å². The number of rotatable bonds is 4. The van der Waals surface area contributed by atoms with Crippen LogP contribution in [0.15, 0.2) is 47.4 Å². The van der Waals surface area contributed by atoms with Gasteiger partial charge in [0.25, 0.3) is 5.56 Å². The Balaban J connectivity index is 1.76. The number of hydrogen-bond donors (Lipinski definition) is 1. The Kier molecular flexibility index (Phi) is 4.41. The standard InChI is InChI=1S/C17H19N3O3/c21-16-9-15(19-8-4-7-14(12-19)17(22)23)10-18-20(16)11-13-5-2-1-3-6-13/h1-3,5-6,9-10,14H,4,7-8,11-12H2,(H,22,23). The van der Waals surface area contributed by atoms with Crippen LogP contribution in [0.2, 0.25) is 0 Å². The quantitative estimate of drug-likeness (QED) is 0.928. The molecular weight excluding hydrogens is 294 g/mol. The van der Waals surface area contributed by atoms with Crippen LogP contribution in [0.3, 0.4) is 0 Å². The summed E-state index contributed by atoms with van der Waals surface area (Å²) in [6.07, 6.45) is 3.14. The van der Waals surface area contributed by atoms with Gasteiger partial charge < -0.3 is 10.0 Å². The van der Waals surface area contributed by atoms with Crippen molar-refractivity contribution in [2.24, 2.45) is 5.92 Å². The van der Waals surface area contributed by atoms with Gasteiger partial charge in [0.05, 0.1) is 24.3 Å². The van der Waals surface area contributed by atoms with Crippen LogP contribution < -0.4 is 10.5 Å². The van der Waals surface area contributed by atoms with Gasteiger partial charge in [-0.05, 0) is 18.4 Å². The van der Waals surface area contributed by atoms with E-state index in [4.69, 9.17) is 5.11 Å². The highest BCUT2D eigenvalue weighted by molar-refractivity contribution is 5.71. The molecule has 1 aliphatic heterocycles. The van der Waals surface area contributed by atoms with E-state index in [0.717, 1.165) is 18.5 Å². The van der Waals surface area contributed by atoms with Gasteiger partial charge in [0.2, 0.25) is 0 Å². The monoisotopic (exact) mass is 313 g/mol. The molecular formula is C17H19N3O3. The molecule has 1 atom stereocenters. The van der Waals surface area contributed by atoms with Crippen molar-refractivity contribution in [3.8, 4) is 0 Å². The highest BCUT2D eigenvalue weighted by Gasteiger charge is 2.25. The molecule has 2 aromatic rings. The first kappa shape index (κ1) is 15.3. The minimum Gasteiger partial charge on any atom is -0.481 e. The Morgan fingerprint density at radius 1 is 1.30 bits per heavy atom. The van der Waals surface area contributed by atoms with Crippen molar-refractivity contribution in [1.82, 2.24) is 9.78 Å². The summed E-state index contributed by atoms with van der Waals surface area (Å²) < 4.78 is 1.41. The average Bonchev–Trinajstić information content (AvgIpc) is 2.58. The Bertz CT molecular complexity index is 742. The lowest BCUT2D eigenvalue weighted by Gasteiger charge is -2.32. The molecule has 1 aromatic carbocycles. The average molecular weight is 313 g/mol. The molecule has 0 saturated carbocycles. The normalized spacial score (nSPS) is 17.9. The summed E-state index contributed by atoms with van der Waals surface area (Å²) >= 11 is 0. The SMILES string of the molecule is O=C(O)C1CCCN(c2cnn(Cc3ccccc3)c(=O)c2)C1. The van der Waals surface area contributed by atoms with Crippen LogP contribution >= 0.6 is 0 Å². The van der Waals surface area contributed by atoms with Crippen LogP contribution in [0.1, 0.15) is 18.4 Å². The predicted molar refractivity (Wildman–Crippen MR) is 86.6 cm³/mol. The molecule has 0 radical (unpaired) electrons. The predicted octanol–water partition coefficient (Wildman–Crippen LogP) is 1.59. The van der Waals surface area contributed by atoms with Crippen molar-refractivity contribution in [3.05, 3.63) is 58.5 Å². The Morgan fingerprint density at radius 2 is 2.09 bits per heavy atom. The zero-order chi connectivity index (χ0) is 16.2. The van der Waals surface area contributed by atoms with E-state index >= 15 is 0 Å². The van der Waals surface area contributed by atoms with E-state index in [1.54, 1.807) is 12.3 Å². The molecule has 0 spiro atoms. The first-order valence-corrected chi connectivity index (χ1v) is 7.72. The fourth-order valence-electron chi connectivity index (χ4n) is 2.89. The van der Waals surface area contributed by atoms with Crippen LogP contribution in [-0.4, -0.2) is 33.9 Å². The second-order valence-corrected chi connectivity index (χ2v) is 5.82. The zero-order valence-corrected chi connectivity index (χ0v) is 12.8. The van der Waals surface area contributed by atoms with Gasteiger partial charge in [0, 0.05) is 19.2 Å². The molecule has 23 heavy (non-hydrogen) atoms. The largest absolute Gasteiger partial charge is 0.481 e. The molecule has 6 heteroatoms. The molecule has 1 N–H and O–H groups in total. The summed E-state index contributed by atoms with van der Waals surface area (Å²) in [5.41, 5.74) is 1.54. The fraction of sp³-hybridized carbons (Fsp3) is 0.353. The zero-order valence-electron chi connectivity index (χ0n) is 12.8. The number of carbonyl (C=O) groups is 1. The molecule has 1 saturated heterocycles. The molecule has 0 bridgehead atoms. The second-order valence-electron chi connectivity index (χ2n) is 5.82. The summed E-state index contributed by atoms with van der Waals surface area (Å²) in [6.45, 7) is 1.62. The van der Waals surface area contributed by atoms with Crippen molar-refractivity contribution in [2.45, 2.75) is 19.4 Å². The molecule has 1 aliphatic rings. The summed E-state index contributed by atoms with van der Waals surface area (Å²) in [4.78, 5) is 25.3. The number of nitrogens with zero attached hydrogens (tertiary/aromatic N) is 3. The first-order valence-electron chi connectivity index (χ1n) is 7.72. The van der Waals surface area contributed by atoms with E-state index in [1.807, 2.05) is 35.2 Å². The topological polar surface area (TPSA) is 75.4 Å². The lowest BCUT2D eigenvalue weighted by Crippen LogP contribution is -2.39. The van der Waals surface area contributed by atoms with Gasteiger partial charge in [-0.25, -0.2) is 4.68 Å². The second kappa shape index (κ2) is 6.64. The highest BCUT2D eigenvalue weighted by Crippen LogP contribution is 2.21. The van der Waals surface area contributed by atoms with E-state index in [1.165, 1.54) is 4.68 Å². The number of aliphatic carboxylic acids is 1. The number of aromatic nitrogens is 2. The number of piperidine rings is 1. The first-order chi connectivity index (χ1) is 11.1. The third-order valence-corrected chi connectivity index (χ3v) is 4.17. The molecule has 120 valence electrons. The smallest absolute Gasteiger partial charge is 0.308 e. The van der Waals surface area contributed by atoms with Gasteiger partial charge in [0.1, 0.15) is 0 Å². The van der Waals surface area contributed by atoms with Crippen LogP contribution in [-0.2, 0) is 11.3 Å². The Hall–Kier alpha value is -2.63. The van der Waals surface area contributed by atoms with Crippen molar-refractivity contribution >= 4 is 11.7 Å². The van der Waals surface area contributed by atoms with Gasteiger partial charge in [-0.2, -0.15) is 5.10 Å². The molecule has 3 rings (SSSR count). The molecule has 0 aliphatic carbocycles. The Labute approximate surface area is 134 Å². The van der Waals surface area contributed by atoms with Crippen molar-refractivity contribution in [3.63, 3.8) is 0 Å². The molecule has 1 aromatic heterocycles. The number of benzene rings is 1. The van der Waals surface area contributed by atoms with Gasteiger partial charge in [0.15, 0.2) is 0 Å². The van der Waals surface area contributed by atoms with Crippen molar-refractivity contribution < 1.29 is 9.90 Å². The third kappa shape index (κ3) is 3.59. The molecule has 0 amide bonds. The summed E-state index contributed by atoms with van der Waals surface area (Å²) in [7, 11) is 0. The minimum absolute atomic E-state index is 0.177. The van der Waals surface area contributed by atoms with Gasteiger partial charge in [-0.15, -0.1) is 0 Å². The van der Waals surface area contributed by atoms with Crippen LogP contribution in [0.25, 0.3) is 0 Å². The number of hydrogen-bond acceptors (Lipinski definition) is 4. The summed E-state index contributed by atoms with van der Waals surface area (Å²) in [6, 6.07) is 11.2. The van der Waals surface area contributed by atoms with E-state index in [2.05, 4.69) is 5.10 Å². The molecule has 6 nitrogen and oxygen atoms in total. The Morgan fingerprint density at radius 3 is 2.78 bits per heavy atom. The van der Waals surface area contributed by atoms with Crippen LogP contribution in [0, 0.1) is 5.92 Å². The van der Waals surface area contributed by atoms with Gasteiger partial charge in [-0.1, -0.05) is 30.3 Å². The lowest BCUT2D eigenvalue weighted by molar-refractivity contribution is -0.141. The molecule has 1 unspecified atom stereocenters. The van der Waals surface area contributed by atoms with E-state index in [9.17, 15) is 9.59 Å². The third-order valence-electron chi connectivity index (χ3n) is 4.17. The van der Waals surface area contributed by atoms with Gasteiger partial charge in [-0.3, -0.25) is 9.59 Å². The number of carboxylic acid groups (broad SMARTS) is 1. The van der Waals surface area contributed by atoms with Gasteiger partial charge >= 0.3 is 5.97 Å². The maximum atomic E-state index is 12.3. The lowest BCUT2D eigenvalue weighted by atomic mass is 9.98. The van der Waals surface area contributed by atoms with E-state index in [0.29, 0.717) is 25.2 Å². The van der Waals surface area contributed by atoms with E-state index < -0.39 is 5.97 Å². The maximum absolute atomic E-state index is 12.3. The number of anilines is 1. The summed E-state index contributed by atoms with van der Waals surface area (Å²) in [5, 5.41) is 13.4. The minimum atomic E-state index is -0.778. The fourth-order valence-corrected chi connectivity index (χ4v) is 2.89. The van der Waals surface area contributed by atoms with Crippen LogP contribution in [0.5, 0.6) is 0 Å². The van der Waals surface area contributed by atoms with Crippen molar-refractivity contribution in [1.29, 1.82) is 0 Å². The number of carboxylic acids is 1. The maximum Gasteiger partial charge on any atom is 0.308 e. The highest BCUT2D eigenvalue weighted by atomic mass is 16.4. The summed E-state index contributed by atoms with van der Waals surface area (Å²) in [5.74, 6) is -1.16. The molecule has 1 fully saturated rings. The van der Waals surface area contributed by atoms with Crippen LogP contribution in [0.4, 0.5) is 5.69 Å². The molecule has 2 heterocycles. The van der Waals surface area contributed by atoms with E-state index in [-0.39, 0.29) is 11.5 Å².